The predicted molar refractivity (Wildman–Crippen MR) is 78.4 cm³/mol. The SMILES string of the molecule is CC1CN(C)CCN1S(=O)(=O)c1ccc(N)cc1[N+](=O)[O-]. The number of anilines is 1. The van der Waals surface area contributed by atoms with Crippen molar-refractivity contribution in [1.82, 2.24) is 9.21 Å². The van der Waals surface area contributed by atoms with Crippen LogP contribution in [0.2, 0.25) is 0 Å². The summed E-state index contributed by atoms with van der Waals surface area (Å²) in [5.74, 6) is 0. The highest BCUT2D eigenvalue weighted by molar-refractivity contribution is 7.89. The minimum absolute atomic E-state index is 0.159. The Bertz CT molecular complexity index is 661. The Balaban J connectivity index is 2.47. The van der Waals surface area contributed by atoms with E-state index in [2.05, 4.69) is 0 Å². The number of nitrogens with two attached hydrogens (primary N) is 1. The van der Waals surface area contributed by atoms with Crippen LogP contribution in [0.1, 0.15) is 6.92 Å². The second kappa shape index (κ2) is 5.58. The lowest BCUT2D eigenvalue weighted by molar-refractivity contribution is -0.387. The molecule has 0 aliphatic carbocycles. The van der Waals surface area contributed by atoms with Gasteiger partial charge in [-0.15, -0.1) is 0 Å². The van der Waals surface area contributed by atoms with E-state index in [-0.39, 0.29) is 16.6 Å². The number of nitro groups is 1. The number of hydrogen-bond donors (Lipinski definition) is 1. The van der Waals surface area contributed by atoms with E-state index < -0.39 is 20.6 Å². The van der Waals surface area contributed by atoms with Gasteiger partial charge < -0.3 is 10.6 Å². The lowest BCUT2D eigenvalue weighted by Gasteiger charge is -2.37. The maximum Gasteiger partial charge on any atom is 0.291 e. The van der Waals surface area contributed by atoms with E-state index in [9.17, 15) is 18.5 Å². The van der Waals surface area contributed by atoms with Crippen molar-refractivity contribution in [2.45, 2.75) is 17.9 Å². The molecule has 1 heterocycles. The molecule has 116 valence electrons. The monoisotopic (exact) mass is 314 g/mol. The number of rotatable bonds is 3. The van der Waals surface area contributed by atoms with Gasteiger partial charge in [-0.3, -0.25) is 10.1 Å². The first kappa shape index (κ1) is 15.7. The largest absolute Gasteiger partial charge is 0.399 e. The number of nitrogens with zero attached hydrogens (tertiary/aromatic N) is 3. The Morgan fingerprint density at radius 1 is 1.38 bits per heavy atom. The molecule has 1 fully saturated rings. The van der Waals surface area contributed by atoms with Crippen molar-refractivity contribution in [3.05, 3.63) is 28.3 Å². The molecule has 0 saturated carbocycles. The molecule has 0 aromatic heterocycles. The van der Waals surface area contributed by atoms with Crippen molar-refractivity contribution >= 4 is 21.4 Å². The van der Waals surface area contributed by atoms with Gasteiger partial charge in [0.1, 0.15) is 0 Å². The molecular formula is C12H18N4O4S. The molecule has 21 heavy (non-hydrogen) atoms. The van der Waals surface area contributed by atoms with Gasteiger partial charge >= 0.3 is 0 Å². The Kier molecular flexibility index (Phi) is 4.17. The second-order valence-corrected chi connectivity index (χ2v) is 7.07. The van der Waals surface area contributed by atoms with Gasteiger partial charge in [0.15, 0.2) is 4.90 Å². The zero-order valence-corrected chi connectivity index (χ0v) is 12.7. The summed E-state index contributed by atoms with van der Waals surface area (Å²) in [6.45, 7) is 3.27. The first-order valence-corrected chi connectivity index (χ1v) is 7.92. The quantitative estimate of drug-likeness (QED) is 0.494. The minimum atomic E-state index is -3.92. The van der Waals surface area contributed by atoms with Gasteiger partial charge in [0.05, 0.1) is 4.92 Å². The van der Waals surface area contributed by atoms with Gasteiger partial charge in [-0.05, 0) is 26.1 Å². The molecule has 1 unspecified atom stereocenters. The average Bonchev–Trinajstić information content (AvgIpc) is 2.37. The summed E-state index contributed by atoms with van der Waals surface area (Å²) >= 11 is 0. The zero-order chi connectivity index (χ0) is 15.8. The third kappa shape index (κ3) is 2.99. The lowest BCUT2D eigenvalue weighted by atomic mass is 10.2. The van der Waals surface area contributed by atoms with Gasteiger partial charge in [0.25, 0.3) is 5.69 Å². The fraction of sp³-hybridized carbons (Fsp3) is 0.500. The fourth-order valence-corrected chi connectivity index (χ4v) is 4.25. The minimum Gasteiger partial charge on any atom is -0.399 e. The van der Waals surface area contributed by atoms with Crippen molar-refractivity contribution in [3.8, 4) is 0 Å². The van der Waals surface area contributed by atoms with Crippen LogP contribution in [0.25, 0.3) is 0 Å². The molecule has 1 aromatic rings. The van der Waals surface area contributed by atoms with Crippen molar-refractivity contribution in [2.75, 3.05) is 32.4 Å². The van der Waals surface area contributed by atoms with Crippen molar-refractivity contribution in [3.63, 3.8) is 0 Å². The maximum absolute atomic E-state index is 12.7. The van der Waals surface area contributed by atoms with Crippen LogP contribution < -0.4 is 5.73 Å². The van der Waals surface area contributed by atoms with Crippen molar-refractivity contribution in [1.29, 1.82) is 0 Å². The highest BCUT2D eigenvalue weighted by atomic mass is 32.2. The van der Waals surface area contributed by atoms with Crippen LogP contribution in [0.4, 0.5) is 11.4 Å². The molecule has 0 spiro atoms. The first-order chi connectivity index (χ1) is 9.73. The standard InChI is InChI=1S/C12H18N4O4S/c1-9-8-14(2)5-6-15(9)21(19,20)12-4-3-10(13)7-11(12)16(17)18/h3-4,7,9H,5-6,8,13H2,1-2H3. The molecule has 0 bridgehead atoms. The highest BCUT2D eigenvalue weighted by Crippen LogP contribution is 2.30. The average molecular weight is 314 g/mol. The molecule has 8 nitrogen and oxygen atoms in total. The lowest BCUT2D eigenvalue weighted by Crippen LogP contribution is -2.52. The molecule has 1 aliphatic rings. The number of piperazine rings is 1. The van der Waals surface area contributed by atoms with E-state index in [0.29, 0.717) is 19.6 Å². The molecule has 1 aliphatic heterocycles. The number of likely N-dealkylation sites (N-methyl/N-ethyl adjacent to an activating group) is 1. The third-order valence-corrected chi connectivity index (χ3v) is 5.60. The highest BCUT2D eigenvalue weighted by Gasteiger charge is 2.36. The summed E-state index contributed by atoms with van der Waals surface area (Å²) in [5, 5.41) is 11.1. The van der Waals surface area contributed by atoms with E-state index in [1.54, 1.807) is 6.92 Å². The molecule has 2 rings (SSSR count). The molecule has 1 aromatic carbocycles. The number of sulfonamides is 1. The Morgan fingerprint density at radius 3 is 2.62 bits per heavy atom. The summed E-state index contributed by atoms with van der Waals surface area (Å²) in [6, 6.07) is 3.40. The van der Waals surface area contributed by atoms with Crippen LogP contribution in [0, 0.1) is 10.1 Å². The molecular weight excluding hydrogens is 296 g/mol. The number of nitro benzene ring substituents is 1. The Morgan fingerprint density at radius 2 is 2.05 bits per heavy atom. The number of benzene rings is 1. The van der Waals surface area contributed by atoms with E-state index in [1.165, 1.54) is 16.4 Å². The van der Waals surface area contributed by atoms with Crippen molar-refractivity contribution < 1.29 is 13.3 Å². The van der Waals surface area contributed by atoms with Crippen LogP contribution >= 0.6 is 0 Å². The number of hydrogen-bond acceptors (Lipinski definition) is 6. The Labute approximate surface area is 123 Å². The zero-order valence-electron chi connectivity index (χ0n) is 11.9. The maximum atomic E-state index is 12.7. The molecule has 1 atom stereocenters. The summed E-state index contributed by atoms with van der Waals surface area (Å²) in [5.41, 5.74) is 5.19. The van der Waals surface area contributed by atoms with Crippen molar-refractivity contribution in [2.24, 2.45) is 0 Å². The molecule has 9 heteroatoms. The van der Waals surface area contributed by atoms with Crippen LogP contribution in [0.3, 0.4) is 0 Å². The smallest absolute Gasteiger partial charge is 0.291 e. The molecule has 0 amide bonds. The van der Waals surface area contributed by atoms with Crippen LogP contribution in [-0.4, -0.2) is 55.3 Å². The second-order valence-electron chi connectivity index (χ2n) is 5.21. The molecule has 1 saturated heterocycles. The van der Waals surface area contributed by atoms with Crippen LogP contribution in [0.15, 0.2) is 23.1 Å². The normalized spacial score (nSPS) is 21.3. The van der Waals surface area contributed by atoms with Crippen LogP contribution in [0.5, 0.6) is 0 Å². The van der Waals surface area contributed by atoms with Gasteiger partial charge in [-0.25, -0.2) is 8.42 Å². The molecule has 0 radical (unpaired) electrons. The van der Waals surface area contributed by atoms with Gasteiger partial charge in [-0.2, -0.15) is 4.31 Å². The van der Waals surface area contributed by atoms with Gasteiger partial charge in [0, 0.05) is 37.4 Å². The van der Waals surface area contributed by atoms with E-state index in [1.807, 2.05) is 11.9 Å². The molecule has 2 N–H and O–H groups in total. The van der Waals surface area contributed by atoms with E-state index in [4.69, 9.17) is 5.73 Å². The fourth-order valence-electron chi connectivity index (χ4n) is 2.50. The Hall–Kier alpha value is -1.71. The summed E-state index contributed by atoms with van der Waals surface area (Å²) < 4.78 is 26.7. The summed E-state index contributed by atoms with van der Waals surface area (Å²) in [4.78, 5) is 12.1. The van der Waals surface area contributed by atoms with Gasteiger partial charge in [0.2, 0.25) is 10.0 Å². The topological polar surface area (TPSA) is 110 Å². The third-order valence-electron chi connectivity index (χ3n) is 3.54. The van der Waals surface area contributed by atoms with E-state index >= 15 is 0 Å². The van der Waals surface area contributed by atoms with Crippen LogP contribution in [-0.2, 0) is 10.0 Å². The number of nitrogen functional groups attached to an aromatic ring is 1. The summed E-state index contributed by atoms with van der Waals surface area (Å²) in [6.07, 6.45) is 0. The van der Waals surface area contributed by atoms with Gasteiger partial charge in [-0.1, -0.05) is 0 Å². The summed E-state index contributed by atoms with van der Waals surface area (Å²) in [7, 11) is -2.01. The first-order valence-electron chi connectivity index (χ1n) is 6.48. The predicted octanol–water partition coefficient (Wildman–Crippen LogP) is 0.502. The van der Waals surface area contributed by atoms with E-state index in [0.717, 1.165) is 6.07 Å².